The maximum Gasteiger partial charge on any atom is 0.357 e. The van der Waals surface area contributed by atoms with Crippen molar-refractivity contribution in [2.75, 3.05) is 6.61 Å². The van der Waals surface area contributed by atoms with Gasteiger partial charge in [0.25, 0.3) is 0 Å². The number of aliphatic hydroxyl groups excluding tert-OH is 1. The largest absolute Gasteiger partial charge is 0.461 e. The minimum atomic E-state index is -0.651. The quantitative estimate of drug-likeness (QED) is 0.411. The summed E-state index contributed by atoms with van der Waals surface area (Å²) >= 11 is 4.23. The molecule has 3 aromatic heterocycles. The number of carbonyl (C=O) groups excluding carboxylic acids is 1. The number of benzene rings is 1. The molecule has 0 unspecified atom stereocenters. The van der Waals surface area contributed by atoms with Gasteiger partial charge in [-0.05, 0) is 12.5 Å². The Morgan fingerprint density at radius 1 is 1.00 bits per heavy atom. The van der Waals surface area contributed by atoms with Gasteiger partial charge < -0.3 is 9.84 Å². The van der Waals surface area contributed by atoms with Gasteiger partial charge in [-0.3, -0.25) is 0 Å². The second kappa shape index (κ2) is 8.91. The van der Waals surface area contributed by atoms with Gasteiger partial charge in [0.2, 0.25) is 0 Å². The molecule has 29 heavy (non-hydrogen) atoms. The molecule has 0 radical (unpaired) electrons. The van der Waals surface area contributed by atoms with Crippen molar-refractivity contribution >= 4 is 40.0 Å². The van der Waals surface area contributed by atoms with E-state index in [9.17, 15) is 9.90 Å². The van der Waals surface area contributed by atoms with Crippen molar-refractivity contribution < 1.29 is 14.6 Å². The highest BCUT2D eigenvalue weighted by atomic mass is 32.1. The Balaban J connectivity index is 1.48. The van der Waals surface area contributed by atoms with E-state index >= 15 is 0 Å². The number of carbonyl (C=O) groups is 1. The molecule has 3 heterocycles. The Morgan fingerprint density at radius 2 is 1.69 bits per heavy atom. The lowest BCUT2D eigenvalue weighted by atomic mass is 10.1. The van der Waals surface area contributed by atoms with E-state index in [0.717, 1.165) is 16.3 Å². The van der Waals surface area contributed by atoms with E-state index in [-0.39, 0.29) is 0 Å². The van der Waals surface area contributed by atoms with Crippen molar-refractivity contribution in [1.82, 2.24) is 15.0 Å². The Hall–Kier alpha value is -2.46. The molecule has 0 aliphatic heterocycles. The zero-order chi connectivity index (χ0) is 20.2. The van der Waals surface area contributed by atoms with Crippen LogP contribution >= 0.6 is 34.0 Å². The number of nitrogens with zero attached hydrogens (tertiary/aromatic N) is 3. The van der Waals surface area contributed by atoms with Gasteiger partial charge in [0.1, 0.15) is 32.5 Å². The number of hydrogen-bond donors (Lipinski definition) is 1. The van der Waals surface area contributed by atoms with Gasteiger partial charge in [0.05, 0.1) is 6.61 Å². The molecule has 4 aromatic rings. The maximum atomic E-state index is 11.8. The smallest absolute Gasteiger partial charge is 0.357 e. The van der Waals surface area contributed by atoms with Gasteiger partial charge in [-0.2, -0.15) is 0 Å². The van der Waals surface area contributed by atoms with E-state index < -0.39 is 12.1 Å². The van der Waals surface area contributed by atoms with Crippen molar-refractivity contribution in [1.29, 1.82) is 0 Å². The molecule has 0 fully saturated rings. The Labute approximate surface area is 179 Å². The summed E-state index contributed by atoms with van der Waals surface area (Å²) in [6, 6.07) is 9.85. The molecule has 0 aliphatic carbocycles. The molecule has 9 heteroatoms. The van der Waals surface area contributed by atoms with Gasteiger partial charge >= 0.3 is 5.97 Å². The topological polar surface area (TPSA) is 85.2 Å². The highest BCUT2D eigenvalue weighted by Crippen LogP contribution is 2.33. The maximum absolute atomic E-state index is 11.8. The van der Waals surface area contributed by atoms with Crippen LogP contribution in [-0.2, 0) is 11.2 Å². The van der Waals surface area contributed by atoms with Crippen LogP contribution < -0.4 is 0 Å². The fraction of sp³-hybridized carbons (Fsp3) is 0.200. The Bertz CT molecular complexity index is 1100. The van der Waals surface area contributed by atoms with Crippen molar-refractivity contribution in [3.8, 4) is 21.4 Å². The molecular formula is C20H17N3O3S3. The second-order valence-corrected chi connectivity index (χ2v) is 8.68. The van der Waals surface area contributed by atoms with Crippen molar-refractivity contribution in [2.24, 2.45) is 0 Å². The molecule has 0 amide bonds. The number of ether oxygens (including phenoxy) is 1. The third kappa shape index (κ3) is 4.59. The first kappa shape index (κ1) is 19.8. The van der Waals surface area contributed by atoms with Gasteiger partial charge in [0.15, 0.2) is 5.69 Å². The van der Waals surface area contributed by atoms with Gasteiger partial charge in [0, 0.05) is 22.6 Å². The van der Waals surface area contributed by atoms with Gasteiger partial charge in [-0.1, -0.05) is 30.3 Å². The molecular weight excluding hydrogens is 426 g/mol. The van der Waals surface area contributed by atoms with Gasteiger partial charge in [-0.25, -0.2) is 19.7 Å². The predicted octanol–water partition coefficient (Wildman–Crippen LogP) is 4.84. The lowest BCUT2D eigenvalue weighted by Gasteiger charge is -2.06. The molecule has 0 bridgehead atoms. The van der Waals surface area contributed by atoms with Crippen LogP contribution in [0.4, 0.5) is 0 Å². The molecule has 0 spiro atoms. The summed E-state index contributed by atoms with van der Waals surface area (Å²) in [5.41, 5.74) is 2.79. The average Bonchev–Trinajstić information content (AvgIpc) is 3.48. The average molecular weight is 444 g/mol. The summed E-state index contributed by atoms with van der Waals surface area (Å²) in [5, 5.41) is 18.0. The van der Waals surface area contributed by atoms with E-state index in [1.165, 1.54) is 34.0 Å². The highest BCUT2D eigenvalue weighted by molar-refractivity contribution is 7.16. The van der Waals surface area contributed by atoms with E-state index in [1.54, 1.807) is 12.3 Å². The molecule has 0 saturated carbocycles. The third-order valence-corrected chi connectivity index (χ3v) is 6.69. The monoisotopic (exact) mass is 443 g/mol. The Kier molecular flexibility index (Phi) is 6.10. The first-order chi connectivity index (χ1) is 14.1. The first-order valence-corrected chi connectivity index (χ1v) is 11.5. The lowest BCUT2D eigenvalue weighted by Crippen LogP contribution is -2.04. The van der Waals surface area contributed by atoms with E-state index in [0.29, 0.717) is 34.4 Å². The first-order valence-electron chi connectivity index (χ1n) is 8.90. The van der Waals surface area contributed by atoms with Gasteiger partial charge in [-0.15, -0.1) is 34.0 Å². The normalized spacial score (nSPS) is 12.1. The van der Waals surface area contributed by atoms with E-state index in [2.05, 4.69) is 15.0 Å². The third-order valence-electron chi connectivity index (χ3n) is 4.01. The summed E-state index contributed by atoms with van der Waals surface area (Å²) in [6.07, 6.45) is -0.131. The molecule has 1 aromatic carbocycles. The summed E-state index contributed by atoms with van der Waals surface area (Å²) in [7, 11) is 0. The minimum absolute atomic E-state index is 0.293. The molecule has 6 nitrogen and oxygen atoms in total. The predicted molar refractivity (Wildman–Crippen MR) is 115 cm³/mol. The highest BCUT2D eigenvalue weighted by Gasteiger charge is 2.18. The lowest BCUT2D eigenvalue weighted by molar-refractivity contribution is 0.0520. The number of hydrogen-bond acceptors (Lipinski definition) is 9. The molecule has 148 valence electrons. The minimum Gasteiger partial charge on any atom is -0.461 e. The SMILES string of the molecule is CCOC(=O)c1csc(-c2csc(-c3csc([C@H](O)Cc4ccccc4)n3)n2)n1. The zero-order valence-electron chi connectivity index (χ0n) is 15.4. The van der Waals surface area contributed by atoms with Crippen LogP contribution in [-0.4, -0.2) is 32.6 Å². The van der Waals surface area contributed by atoms with Crippen LogP contribution in [0.3, 0.4) is 0 Å². The summed E-state index contributed by atoms with van der Waals surface area (Å²) < 4.78 is 4.97. The van der Waals surface area contributed by atoms with Crippen LogP contribution in [0.1, 0.15) is 34.1 Å². The van der Waals surface area contributed by atoms with E-state index in [4.69, 9.17) is 4.74 Å². The number of esters is 1. The number of aromatic nitrogens is 3. The second-order valence-electron chi connectivity index (χ2n) is 6.07. The molecule has 4 rings (SSSR count). The molecule has 0 saturated heterocycles. The standard InChI is InChI=1S/C20H17N3O3S3/c1-2-26-20(25)15-11-28-18(23-15)13-9-27-17(21-13)14-10-29-19(22-14)16(24)8-12-6-4-3-5-7-12/h3-7,9-11,16,24H,2,8H2,1H3/t16-/m1/s1. The fourth-order valence-electron chi connectivity index (χ4n) is 2.64. The van der Waals surface area contributed by atoms with Crippen LogP contribution in [0.15, 0.2) is 46.5 Å². The molecule has 0 aliphatic rings. The van der Waals surface area contributed by atoms with Crippen molar-refractivity contribution in [2.45, 2.75) is 19.4 Å². The van der Waals surface area contributed by atoms with Crippen molar-refractivity contribution in [3.05, 3.63) is 62.7 Å². The number of aliphatic hydroxyl groups is 1. The zero-order valence-corrected chi connectivity index (χ0v) is 17.9. The van der Waals surface area contributed by atoms with Crippen LogP contribution in [0.5, 0.6) is 0 Å². The van der Waals surface area contributed by atoms with E-state index in [1.807, 2.05) is 41.1 Å². The van der Waals surface area contributed by atoms with Crippen LogP contribution in [0.2, 0.25) is 0 Å². The fourth-order valence-corrected chi connectivity index (χ4v) is 5.09. The van der Waals surface area contributed by atoms with Crippen molar-refractivity contribution in [3.63, 3.8) is 0 Å². The van der Waals surface area contributed by atoms with Crippen LogP contribution in [0, 0.1) is 0 Å². The molecule has 1 N–H and O–H groups in total. The number of thiazole rings is 3. The Morgan fingerprint density at radius 3 is 2.48 bits per heavy atom. The van der Waals surface area contributed by atoms with Crippen LogP contribution in [0.25, 0.3) is 21.4 Å². The number of rotatable bonds is 7. The summed E-state index contributed by atoms with van der Waals surface area (Å²) in [6.45, 7) is 2.08. The summed E-state index contributed by atoms with van der Waals surface area (Å²) in [4.78, 5) is 25.3. The molecule has 1 atom stereocenters. The summed E-state index contributed by atoms with van der Waals surface area (Å²) in [5.74, 6) is -0.429.